The lowest BCUT2D eigenvalue weighted by atomic mass is 9.90. The lowest BCUT2D eigenvalue weighted by Crippen LogP contribution is -2.35. The minimum atomic E-state index is -0.679. The third-order valence-electron chi connectivity index (χ3n) is 5.01. The lowest BCUT2D eigenvalue weighted by molar-refractivity contribution is 0.400. The van der Waals surface area contributed by atoms with Gasteiger partial charge in [-0.1, -0.05) is 30.3 Å². The number of halogens is 2. The van der Waals surface area contributed by atoms with Crippen molar-refractivity contribution in [3.05, 3.63) is 71.9 Å². The third kappa shape index (κ3) is 4.42. The van der Waals surface area contributed by atoms with E-state index in [-0.39, 0.29) is 5.69 Å². The van der Waals surface area contributed by atoms with Gasteiger partial charge in [0.25, 0.3) is 0 Å². The number of nitrogens with zero attached hydrogens (tertiary/aromatic N) is 4. The molecule has 2 heterocycles. The largest absolute Gasteiger partial charge is 0.339 e. The molecule has 0 spiro atoms. The fraction of sp³-hybridized carbons (Fsp3) is 0.286. The Morgan fingerprint density at radius 3 is 2.57 bits per heavy atom. The number of hydrogen-bond donors (Lipinski definition) is 1. The number of nitrogens with one attached hydrogen (secondary N) is 1. The van der Waals surface area contributed by atoms with Crippen molar-refractivity contribution in [1.82, 2.24) is 15.2 Å². The minimum Gasteiger partial charge on any atom is -0.339 e. The SMILES string of the molecule is Fc1ccc(Nc2cnnc(N3CCC(Cc4ccccc4)CC3)n2)c(F)c1. The predicted octanol–water partition coefficient (Wildman–Crippen LogP) is 4.35. The van der Waals surface area contributed by atoms with Crippen molar-refractivity contribution < 1.29 is 8.78 Å². The van der Waals surface area contributed by atoms with Crippen molar-refractivity contribution in [2.45, 2.75) is 19.3 Å². The van der Waals surface area contributed by atoms with Crippen molar-refractivity contribution in [2.75, 3.05) is 23.3 Å². The average Bonchev–Trinajstić information content (AvgIpc) is 2.72. The third-order valence-corrected chi connectivity index (χ3v) is 5.01. The molecule has 7 heteroatoms. The Kier molecular flexibility index (Phi) is 5.41. The van der Waals surface area contributed by atoms with E-state index < -0.39 is 11.6 Å². The van der Waals surface area contributed by atoms with E-state index >= 15 is 0 Å². The van der Waals surface area contributed by atoms with Crippen LogP contribution in [0.1, 0.15) is 18.4 Å². The zero-order valence-corrected chi connectivity index (χ0v) is 15.4. The molecule has 5 nitrogen and oxygen atoms in total. The fourth-order valence-corrected chi connectivity index (χ4v) is 3.50. The van der Waals surface area contributed by atoms with Gasteiger partial charge in [0, 0.05) is 19.2 Å². The Balaban J connectivity index is 1.38. The molecule has 0 radical (unpaired) electrons. The molecular weight excluding hydrogens is 360 g/mol. The van der Waals surface area contributed by atoms with Crippen LogP contribution in [-0.4, -0.2) is 28.3 Å². The molecule has 144 valence electrons. The van der Waals surface area contributed by atoms with Crippen LogP contribution < -0.4 is 10.2 Å². The summed E-state index contributed by atoms with van der Waals surface area (Å²) in [4.78, 5) is 6.54. The summed E-state index contributed by atoms with van der Waals surface area (Å²) >= 11 is 0. The van der Waals surface area contributed by atoms with Crippen molar-refractivity contribution in [1.29, 1.82) is 0 Å². The Morgan fingerprint density at radius 1 is 1.04 bits per heavy atom. The van der Waals surface area contributed by atoms with Crippen LogP contribution in [-0.2, 0) is 6.42 Å². The fourth-order valence-electron chi connectivity index (χ4n) is 3.50. The van der Waals surface area contributed by atoms with Gasteiger partial charge in [0.2, 0.25) is 5.95 Å². The Labute approximate surface area is 162 Å². The first-order chi connectivity index (χ1) is 13.7. The minimum absolute atomic E-state index is 0.148. The van der Waals surface area contributed by atoms with Crippen LogP contribution in [0.5, 0.6) is 0 Å². The Bertz CT molecular complexity index is 927. The topological polar surface area (TPSA) is 53.9 Å². The van der Waals surface area contributed by atoms with Gasteiger partial charge in [0.1, 0.15) is 11.6 Å². The van der Waals surface area contributed by atoms with Crippen molar-refractivity contribution in [2.24, 2.45) is 5.92 Å². The van der Waals surface area contributed by atoms with Crippen molar-refractivity contribution >= 4 is 17.5 Å². The summed E-state index contributed by atoms with van der Waals surface area (Å²) in [7, 11) is 0. The second-order valence-electron chi connectivity index (χ2n) is 7.01. The Hall–Kier alpha value is -3.09. The highest BCUT2D eigenvalue weighted by molar-refractivity contribution is 5.57. The van der Waals surface area contributed by atoms with Crippen LogP contribution in [0.2, 0.25) is 0 Å². The highest BCUT2D eigenvalue weighted by Gasteiger charge is 2.22. The molecule has 2 aromatic carbocycles. The lowest BCUT2D eigenvalue weighted by Gasteiger charge is -2.31. The molecule has 0 unspecified atom stereocenters. The molecule has 0 amide bonds. The predicted molar refractivity (Wildman–Crippen MR) is 105 cm³/mol. The van der Waals surface area contributed by atoms with E-state index in [0.717, 1.165) is 38.4 Å². The maximum atomic E-state index is 13.8. The summed E-state index contributed by atoms with van der Waals surface area (Å²) in [6, 6.07) is 13.9. The van der Waals surface area contributed by atoms with E-state index in [1.807, 2.05) is 6.07 Å². The van der Waals surface area contributed by atoms with Crippen LogP contribution in [0, 0.1) is 17.6 Å². The first kappa shape index (κ1) is 18.3. The second kappa shape index (κ2) is 8.29. The maximum absolute atomic E-state index is 13.8. The first-order valence-electron chi connectivity index (χ1n) is 9.38. The highest BCUT2D eigenvalue weighted by atomic mass is 19.1. The van der Waals surface area contributed by atoms with E-state index in [0.29, 0.717) is 17.7 Å². The van der Waals surface area contributed by atoms with Gasteiger partial charge in [-0.05, 0) is 42.9 Å². The molecule has 1 aromatic heterocycles. The summed E-state index contributed by atoms with van der Waals surface area (Å²) in [6.45, 7) is 1.71. The van der Waals surface area contributed by atoms with Crippen LogP contribution in [0.4, 0.5) is 26.2 Å². The van der Waals surface area contributed by atoms with Crippen LogP contribution >= 0.6 is 0 Å². The number of rotatable bonds is 5. The summed E-state index contributed by atoms with van der Waals surface area (Å²) in [5, 5.41) is 10.9. The second-order valence-corrected chi connectivity index (χ2v) is 7.01. The molecule has 0 saturated carbocycles. The van der Waals surface area contributed by atoms with E-state index in [4.69, 9.17) is 0 Å². The molecule has 0 atom stereocenters. The summed E-state index contributed by atoms with van der Waals surface area (Å²) in [5.41, 5.74) is 1.51. The van der Waals surface area contributed by atoms with Crippen LogP contribution in [0.3, 0.4) is 0 Å². The average molecular weight is 381 g/mol. The number of anilines is 3. The molecule has 0 bridgehead atoms. The molecule has 4 rings (SSSR count). The van der Waals surface area contributed by atoms with E-state index in [2.05, 4.69) is 49.7 Å². The number of hydrogen-bond acceptors (Lipinski definition) is 5. The molecule has 1 aliphatic heterocycles. The van der Waals surface area contributed by atoms with E-state index in [9.17, 15) is 8.78 Å². The molecule has 1 fully saturated rings. The van der Waals surface area contributed by atoms with Gasteiger partial charge in [-0.3, -0.25) is 0 Å². The summed E-state index contributed by atoms with van der Waals surface area (Å²) < 4.78 is 26.9. The maximum Gasteiger partial charge on any atom is 0.247 e. The van der Waals surface area contributed by atoms with Gasteiger partial charge in [-0.2, -0.15) is 10.1 Å². The Morgan fingerprint density at radius 2 is 1.82 bits per heavy atom. The van der Waals surface area contributed by atoms with Gasteiger partial charge in [0.05, 0.1) is 11.9 Å². The normalized spacial score (nSPS) is 14.9. The molecule has 1 aliphatic rings. The van der Waals surface area contributed by atoms with Gasteiger partial charge >= 0.3 is 0 Å². The molecular formula is C21H21F2N5. The molecule has 0 aliphatic carbocycles. The number of benzene rings is 2. The van der Waals surface area contributed by atoms with E-state index in [1.165, 1.54) is 23.9 Å². The van der Waals surface area contributed by atoms with Crippen molar-refractivity contribution in [3.63, 3.8) is 0 Å². The molecule has 28 heavy (non-hydrogen) atoms. The zero-order valence-electron chi connectivity index (χ0n) is 15.4. The van der Waals surface area contributed by atoms with Crippen LogP contribution in [0.25, 0.3) is 0 Å². The number of aromatic nitrogens is 3. The van der Waals surface area contributed by atoms with Crippen LogP contribution in [0.15, 0.2) is 54.7 Å². The van der Waals surface area contributed by atoms with Gasteiger partial charge in [-0.15, -0.1) is 5.10 Å². The van der Waals surface area contributed by atoms with E-state index in [1.54, 1.807) is 0 Å². The van der Waals surface area contributed by atoms with Crippen molar-refractivity contribution in [3.8, 4) is 0 Å². The number of piperidine rings is 1. The first-order valence-corrected chi connectivity index (χ1v) is 9.38. The molecule has 3 aromatic rings. The van der Waals surface area contributed by atoms with Gasteiger partial charge in [-0.25, -0.2) is 8.78 Å². The highest BCUT2D eigenvalue weighted by Crippen LogP contribution is 2.25. The molecule has 1 saturated heterocycles. The summed E-state index contributed by atoms with van der Waals surface area (Å²) in [6.07, 6.45) is 4.62. The van der Waals surface area contributed by atoms with Gasteiger partial charge < -0.3 is 10.2 Å². The molecule has 1 N–H and O–H groups in total. The standard InChI is InChI=1S/C21H21F2N5/c22-17-6-7-19(18(23)13-17)25-20-14-24-27-21(26-20)28-10-8-16(9-11-28)12-15-4-2-1-3-5-15/h1-7,13-14,16H,8-12H2,(H,25,26,27). The smallest absolute Gasteiger partial charge is 0.247 e. The zero-order chi connectivity index (χ0) is 19.3. The quantitative estimate of drug-likeness (QED) is 0.712. The monoisotopic (exact) mass is 381 g/mol. The summed E-state index contributed by atoms with van der Waals surface area (Å²) in [5.74, 6) is 0.235. The van der Waals surface area contributed by atoms with Gasteiger partial charge in [0.15, 0.2) is 5.82 Å².